The zero-order valence-electron chi connectivity index (χ0n) is 11.7. The molecule has 1 amide bonds. The fourth-order valence-electron chi connectivity index (χ4n) is 1.76. The van der Waals surface area contributed by atoms with Gasteiger partial charge in [-0.25, -0.2) is 0 Å². The molecular weight excluding hydrogens is 280 g/mol. The molecule has 2 N–H and O–H groups in total. The molecule has 1 heterocycles. The van der Waals surface area contributed by atoms with Gasteiger partial charge in [0.05, 0.1) is 0 Å². The third-order valence-corrected chi connectivity index (χ3v) is 2.85. The summed E-state index contributed by atoms with van der Waals surface area (Å²) >= 11 is 0. The van der Waals surface area contributed by atoms with Crippen molar-refractivity contribution in [1.82, 2.24) is 14.9 Å². The van der Waals surface area contributed by atoms with Gasteiger partial charge >= 0.3 is 11.8 Å². The van der Waals surface area contributed by atoms with E-state index in [1.165, 1.54) is 10.8 Å². The summed E-state index contributed by atoms with van der Waals surface area (Å²) in [4.78, 5) is 35.6. The number of aromatic nitrogens is 2. The first-order valence-corrected chi connectivity index (χ1v) is 6.57. The van der Waals surface area contributed by atoms with Crippen LogP contribution in [0.1, 0.15) is 31.5 Å². The second-order valence-electron chi connectivity index (χ2n) is 4.59. The van der Waals surface area contributed by atoms with Gasteiger partial charge in [-0.3, -0.25) is 14.2 Å². The van der Waals surface area contributed by atoms with Crippen LogP contribution in [0.4, 0.5) is 5.82 Å². The number of amides is 1. The van der Waals surface area contributed by atoms with E-state index >= 15 is 0 Å². The normalized spacial score (nSPS) is 10.3. The summed E-state index contributed by atoms with van der Waals surface area (Å²) in [6, 6.07) is 0. The molecule has 0 saturated carbocycles. The van der Waals surface area contributed by atoms with Gasteiger partial charge in [0.2, 0.25) is 11.7 Å². The molecule has 1 aromatic heterocycles. The quantitative estimate of drug-likeness (QED) is 0.395. The standard InChI is InChI=1S/C12H18N4O5/c1-9-14-10(16(20)21)7-15(9)8-11(17)13-6-4-2-3-5-12(18)19/h7H,2-6,8H2,1H3,(H,13,17)(H,18,19). The number of hydrogen-bond donors (Lipinski definition) is 2. The number of unbranched alkanes of at least 4 members (excludes halogenated alkanes) is 2. The molecule has 0 spiro atoms. The van der Waals surface area contributed by atoms with Crippen molar-refractivity contribution in [3.63, 3.8) is 0 Å². The zero-order valence-corrected chi connectivity index (χ0v) is 11.7. The van der Waals surface area contributed by atoms with Crippen molar-refractivity contribution in [3.8, 4) is 0 Å². The molecule has 0 fully saturated rings. The molecule has 0 atom stereocenters. The highest BCUT2D eigenvalue weighted by Crippen LogP contribution is 2.09. The predicted molar refractivity (Wildman–Crippen MR) is 72.7 cm³/mol. The highest BCUT2D eigenvalue weighted by molar-refractivity contribution is 5.75. The van der Waals surface area contributed by atoms with Gasteiger partial charge in [0.25, 0.3) is 0 Å². The Kier molecular flexibility index (Phi) is 6.31. The number of carbonyl (C=O) groups is 2. The molecule has 0 radical (unpaired) electrons. The van der Waals surface area contributed by atoms with Crippen LogP contribution < -0.4 is 5.32 Å². The monoisotopic (exact) mass is 298 g/mol. The summed E-state index contributed by atoms with van der Waals surface area (Å²) < 4.78 is 1.41. The van der Waals surface area contributed by atoms with E-state index < -0.39 is 10.9 Å². The van der Waals surface area contributed by atoms with Crippen LogP contribution in [0, 0.1) is 17.0 Å². The molecule has 0 aliphatic heterocycles. The van der Waals surface area contributed by atoms with Crippen molar-refractivity contribution in [2.45, 2.75) is 39.2 Å². The summed E-state index contributed by atoms with van der Waals surface area (Å²) in [5, 5.41) is 21.7. The number of carboxylic acids is 1. The third-order valence-electron chi connectivity index (χ3n) is 2.85. The van der Waals surface area contributed by atoms with Gasteiger partial charge in [-0.15, -0.1) is 0 Å². The molecule has 0 aliphatic carbocycles. The van der Waals surface area contributed by atoms with E-state index in [1.54, 1.807) is 6.92 Å². The largest absolute Gasteiger partial charge is 0.481 e. The molecule has 0 saturated heterocycles. The van der Waals surface area contributed by atoms with Crippen LogP contribution in [0.25, 0.3) is 0 Å². The Labute approximate surface area is 121 Å². The number of rotatable bonds is 9. The topological polar surface area (TPSA) is 127 Å². The molecule has 9 heteroatoms. The lowest BCUT2D eigenvalue weighted by Crippen LogP contribution is -2.28. The summed E-state index contributed by atoms with van der Waals surface area (Å²) in [7, 11) is 0. The van der Waals surface area contributed by atoms with Gasteiger partial charge in [-0.2, -0.15) is 0 Å². The minimum atomic E-state index is -0.823. The SMILES string of the molecule is Cc1nc([N+](=O)[O-])cn1CC(=O)NCCCCCC(=O)O. The smallest absolute Gasteiger partial charge is 0.381 e. The Bertz CT molecular complexity index is 526. The summed E-state index contributed by atoms with van der Waals surface area (Å²) in [6.45, 7) is 2.02. The molecule has 9 nitrogen and oxygen atoms in total. The number of nitrogens with zero attached hydrogens (tertiary/aromatic N) is 3. The summed E-state index contributed by atoms with van der Waals surface area (Å²) in [6.07, 6.45) is 3.36. The first-order valence-electron chi connectivity index (χ1n) is 6.57. The Morgan fingerprint density at radius 1 is 1.43 bits per heavy atom. The van der Waals surface area contributed by atoms with E-state index in [0.29, 0.717) is 25.2 Å². The van der Waals surface area contributed by atoms with Crippen LogP contribution in [0.15, 0.2) is 6.20 Å². The lowest BCUT2D eigenvalue weighted by molar-refractivity contribution is -0.389. The molecule has 0 bridgehead atoms. The van der Waals surface area contributed by atoms with Crippen molar-refractivity contribution in [2.75, 3.05) is 6.54 Å². The van der Waals surface area contributed by atoms with Crippen molar-refractivity contribution >= 4 is 17.7 Å². The molecule has 116 valence electrons. The van der Waals surface area contributed by atoms with Gasteiger partial charge in [0.15, 0.2) is 0 Å². The van der Waals surface area contributed by atoms with Crippen molar-refractivity contribution in [3.05, 3.63) is 22.1 Å². The first kappa shape index (κ1) is 16.6. The molecule has 1 aromatic rings. The average Bonchev–Trinajstić information content (AvgIpc) is 2.75. The van der Waals surface area contributed by atoms with E-state index in [9.17, 15) is 19.7 Å². The Hall–Kier alpha value is -2.45. The maximum Gasteiger partial charge on any atom is 0.381 e. The van der Waals surface area contributed by atoms with Crippen molar-refractivity contribution in [1.29, 1.82) is 0 Å². The number of hydrogen-bond acceptors (Lipinski definition) is 5. The van der Waals surface area contributed by atoms with Crippen LogP contribution in [-0.2, 0) is 16.1 Å². The lowest BCUT2D eigenvalue weighted by Gasteiger charge is -2.05. The van der Waals surface area contributed by atoms with E-state index in [4.69, 9.17) is 5.11 Å². The molecule has 0 unspecified atom stereocenters. The number of carboxylic acid groups (broad SMARTS) is 1. The second-order valence-corrected chi connectivity index (χ2v) is 4.59. The van der Waals surface area contributed by atoms with Gasteiger partial charge < -0.3 is 20.5 Å². The van der Waals surface area contributed by atoms with E-state index in [2.05, 4.69) is 10.3 Å². The van der Waals surface area contributed by atoms with Crippen LogP contribution in [0.2, 0.25) is 0 Å². The minimum absolute atomic E-state index is 0.0260. The minimum Gasteiger partial charge on any atom is -0.481 e. The van der Waals surface area contributed by atoms with Gasteiger partial charge in [0, 0.05) is 19.9 Å². The number of nitrogens with one attached hydrogen (secondary N) is 1. The molecule has 0 aromatic carbocycles. The summed E-state index contributed by atoms with van der Waals surface area (Å²) in [5.74, 6) is -0.966. The van der Waals surface area contributed by atoms with Crippen molar-refractivity contribution in [2.24, 2.45) is 0 Å². The van der Waals surface area contributed by atoms with Crippen LogP contribution in [-0.4, -0.2) is 38.0 Å². The second kappa shape index (κ2) is 7.98. The lowest BCUT2D eigenvalue weighted by atomic mass is 10.2. The average molecular weight is 298 g/mol. The van der Waals surface area contributed by atoms with E-state index in [0.717, 1.165) is 6.42 Å². The van der Waals surface area contributed by atoms with E-state index in [1.807, 2.05) is 0 Å². The maximum atomic E-state index is 11.7. The number of nitro groups is 1. The molecular formula is C12H18N4O5. The summed E-state index contributed by atoms with van der Waals surface area (Å²) in [5.41, 5.74) is 0. The maximum absolute atomic E-state index is 11.7. The number of carbonyl (C=O) groups excluding carboxylic acids is 1. The van der Waals surface area contributed by atoms with Gasteiger partial charge in [-0.05, 0) is 22.7 Å². The van der Waals surface area contributed by atoms with Crippen LogP contribution in [0.3, 0.4) is 0 Å². The fourth-order valence-corrected chi connectivity index (χ4v) is 1.76. The third kappa shape index (κ3) is 6.02. The highest BCUT2D eigenvalue weighted by Gasteiger charge is 2.16. The Balaban J connectivity index is 2.28. The fraction of sp³-hybridized carbons (Fsp3) is 0.583. The highest BCUT2D eigenvalue weighted by atomic mass is 16.6. The van der Waals surface area contributed by atoms with Gasteiger partial charge in [-0.1, -0.05) is 6.42 Å². The van der Waals surface area contributed by atoms with Crippen LogP contribution in [0.5, 0.6) is 0 Å². The first-order chi connectivity index (χ1) is 9.90. The molecule has 0 aliphatic rings. The molecule has 21 heavy (non-hydrogen) atoms. The Morgan fingerprint density at radius 3 is 2.71 bits per heavy atom. The zero-order chi connectivity index (χ0) is 15.8. The van der Waals surface area contributed by atoms with Crippen LogP contribution >= 0.6 is 0 Å². The Morgan fingerprint density at radius 2 is 2.14 bits per heavy atom. The van der Waals surface area contributed by atoms with E-state index in [-0.39, 0.29) is 24.7 Å². The van der Waals surface area contributed by atoms with Crippen molar-refractivity contribution < 1.29 is 19.6 Å². The number of imidazole rings is 1. The molecule has 1 rings (SSSR count). The van der Waals surface area contributed by atoms with Gasteiger partial charge in [0.1, 0.15) is 12.7 Å². The number of aliphatic carboxylic acids is 1. The number of aryl methyl sites for hydroxylation is 1. The predicted octanol–water partition coefficient (Wildman–Crippen LogP) is 0.861.